The van der Waals surface area contributed by atoms with Crippen molar-refractivity contribution < 1.29 is 14.3 Å². The van der Waals surface area contributed by atoms with E-state index in [9.17, 15) is 9.59 Å². The van der Waals surface area contributed by atoms with Crippen LogP contribution in [0.1, 0.15) is 86.0 Å². The fraction of sp³-hybridized carbons (Fsp3) is 0.833. The summed E-state index contributed by atoms with van der Waals surface area (Å²) in [5.74, 6) is 2.35. The first-order valence-electron chi connectivity index (χ1n) is 11.0. The summed E-state index contributed by atoms with van der Waals surface area (Å²) in [6.07, 6.45) is 11.5. The van der Waals surface area contributed by atoms with Crippen molar-refractivity contribution >= 4 is 11.8 Å². The van der Waals surface area contributed by atoms with Gasteiger partial charge in [-0.1, -0.05) is 32.4 Å². The maximum Gasteiger partial charge on any atom is 0.302 e. The molecular formula is C24H36O3. The third-order valence-electron chi connectivity index (χ3n) is 9.77. The summed E-state index contributed by atoms with van der Waals surface area (Å²) >= 11 is 0. The van der Waals surface area contributed by atoms with Gasteiger partial charge >= 0.3 is 5.97 Å². The van der Waals surface area contributed by atoms with Crippen molar-refractivity contribution in [1.82, 2.24) is 0 Å². The van der Waals surface area contributed by atoms with Crippen LogP contribution in [0, 0.1) is 34.0 Å². The van der Waals surface area contributed by atoms with Crippen LogP contribution in [-0.2, 0) is 14.3 Å². The van der Waals surface area contributed by atoms with Crippen LogP contribution in [0.15, 0.2) is 11.6 Å². The molecule has 27 heavy (non-hydrogen) atoms. The van der Waals surface area contributed by atoms with E-state index < -0.39 is 0 Å². The van der Waals surface area contributed by atoms with Crippen molar-refractivity contribution in [2.24, 2.45) is 34.0 Å². The van der Waals surface area contributed by atoms with E-state index in [2.05, 4.69) is 26.8 Å². The molecule has 0 amide bonds. The predicted molar refractivity (Wildman–Crippen MR) is 106 cm³/mol. The Bertz CT molecular complexity index is 694. The van der Waals surface area contributed by atoms with Gasteiger partial charge in [-0.3, -0.25) is 9.59 Å². The molecule has 3 nitrogen and oxygen atoms in total. The Morgan fingerprint density at radius 1 is 1.00 bits per heavy atom. The van der Waals surface area contributed by atoms with Gasteiger partial charge in [0.05, 0.1) is 0 Å². The van der Waals surface area contributed by atoms with Crippen molar-refractivity contribution in [2.75, 3.05) is 0 Å². The van der Waals surface area contributed by atoms with Gasteiger partial charge in [-0.2, -0.15) is 0 Å². The minimum absolute atomic E-state index is 0.0692. The SMILES string of the molecule is CC(=O)O[C@@H]1CC[C@@]2(C)C(=CC[C@@H]3[C@@H]2CC[C@@]2(C)[C@H]3CC[C@@]2(C)C(C)=O)C1. The second-order valence-electron chi connectivity index (χ2n) is 10.6. The van der Waals surface area contributed by atoms with Crippen molar-refractivity contribution in [2.45, 2.75) is 92.1 Å². The standard InChI is InChI=1S/C24H36O3/c1-15(25)23(4)12-10-21-19-7-6-17-14-18(27-16(2)26)8-11-22(17,3)20(19)9-13-24(21,23)5/h6,18-21H,7-14H2,1-5H3/t18-,19-,20+,21+,22+,23+,24+/m1/s1. The molecule has 0 spiro atoms. The molecule has 3 heteroatoms. The number of esters is 1. The fourth-order valence-corrected chi connectivity index (χ4v) is 7.81. The molecule has 0 heterocycles. The molecule has 0 aliphatic heterocycles. The third kappa shape index (κ3) is 2.59. The van der Waals surface area contributed by atoms with Gasteiger partial charge in [0.2, 0.25) is 0 Å². The smallest absolute Gasteiger partial charge is 0.302 e. The van der Waals surface area contributed by atoms with Crippen LogP contribution in [0.2, 0.25) is 0 Å². The normalized spacial score (nSPS) is 48.7. The fourth-order valence-electron chi connectivity index (χ4n) is 7.81. The van der Waals surface area contributed by atoms with Gasteiger partial charge in [0.15, 0.2) is 0 Å². The van der Waals surface area contributed by atoms with E-state index in [1.165, 1.54) is 31.8 Å². The lowest BCUT2D eigenvalue weighted by molar-refractivity contribution is -0.149. The van der Waals surface area contributed by atoms with Gasteiger partial charge < -0.3 is 4.74 Å². The van der Waals surface area contributed by atoms with Gasteiger partial charge in [-0.25, -0.2) is 0 Å². The Kier molecular flexibility index (Phi) is 4.40. The number of carbonyl (C=O) groups is 2. The van der Waals surface area contributed by atoms with Crippen LogP contribution in [0.3, 0.4) is 0 Å². The molecule has 0 aromatic heterocycles. The Labute approximate surface area is 164 Å². The van der Waals surface area contributed by atoms with Gasteiger partial charge in [-0.05, 0) is 80.5 Å². The lowest BCUT2D eigenvalue weighted by Gasteiger charge is -2.59. The highest BCUT2D eigenvalue weighted by Crippen LogP contribution is 2.69. The van der Waals surface area contributed by atoms with Crippen molar-refractivity contribution in [3.63, 3.8) is 0 Å². The highest BCUT2D eigenvalue weighted by Gasteiger charge is 2.63. The predicted octanol–water partition coefficient (Wildman–Crippen LogP) is 5.48. The number of ketones is 1. The second-order valence-corrected chi connectivity index (χ2v) is 10.6. The number of allylic oxidation sites excluding steroid dienone is 1. The van der Waals surface area contributed by atoms with E-state index in [4.69, 9.17) is 4.74 Å². The maximum absolute atomic E-state index is 12.5. The zero-order valence-electron chi connectivity index (χ0n) is 17.8. The van der Waals surface area contributed by atoms with E-state index in [0.717, 1.165) is 38.0 Å². The molecule has 0 N–H and O–H groups in total. The lowest BCUT2D eigenvalue weighted by Crippen LogP contribution is -2.53. The minimum Gasteiger partial charge on any atom is -0.462 e. The third-order valence-corrected chi connectivity index (χ3v) is 9.77. The average molecular weight is 373 g/mol. The van der Waals surface area contributed by atoms with Gasteiger partial charge in [-0.15, -0.1) is 0 Å². The number of carbonyl (C=O) groups excluding carboxylic acids is 2. The first kappa shape index (κ1) is 19.2. The highest BCUT2D eigenvalue weighted by molar-refractivity contribution is 5.83. The first-order valence-corrected chi connectivity index (χ1v) is 11.0. The topological polar surface area (TPSA) is 43.4 Å². The molecule has 0 saturated heterocycles. The summed E-state index contributed by atoms with van der Waals surface area (Å²) in [7, 11) is 0. The van der Waals surface area contributed by atoms with E-state index in [0.29, 0.717) is 17.6 Å². The summed E-state index contributed by atoms with van der Waals surface area (Å²) in [6.45, 7) is 10.5. The molecule has 0 unspecified atom stereocenters. The highest BCUT2D eigenvalue weighted by atomic mass is 16.5. The summed E-state index contributed by atoms with van der Waals surface area (Å²) in [5, 5.41) is 0. The zero-order valence-corrected chi connectivity index (χ0v) is 17.8. The number of fused-ring (bicyclic) bond motifs is 5. The van der Waals surface area contributed by atoms with Crippen molar-refractivity contribution in [1.29, 1.82) is 0 Å². The largest absolute Gasteiger partial charge is 0.462 e. The second kappa shape index (κ2) is 6.19. The van der Waals surface area contributed by atoms with Gasteiger partial charge in [0, 0.05) is 18.8 Å². The Hall–Kier alpha value is -1.12. The van der Waals surface area contributed by atoms with Crippen molar-refractivity contribution in [3.8, 4) is 0 Å². The molecule has 0 bridgehead atoms. The van der Waals surface area contributed by atoms with Crippen LogP contribution in [0.25, 0.3) is 0 Å². The molecular weight excluding hydrogens is 336 g/mol. The van der Waals surface area contributed by atoms with E-state index in [1.54, 1.807) is 0 Å². The van der Waals surface area contributed by atoms with E-state index >= 15 is 0 Å². The monoisotopic (exact) mass is 372 g/mol. The molecule has 0 aromatic carbocycles. The Balaban J connectivity index is 1.61. The summed E-state index contributed by atoms with van der Waals surface area (Å²) in [4.78, 5) is 23.9. The number of Topliss-reactive ketones (excluding diaryl/α,β-unsaturated/α-hetero) is 1. The average Bonchev–Trinajstić information content (AvgIpc) is 2.87. The zero-order chi connectivity index (χ0) is 19.6. The molecule has 7 atom stereocenters. The minimum atomic E-state index is -0.152. The molecule has 3 saturated carbocycles. The molecule has 0 aromatic rings. The molecule has 150 valence electrons. The lowest BCUT2D eigenvalue weighted by atomic mass is 9.45. The summed E-state index contributed by atoms with van der Waals surface area (Å²) in [6, 6.07) is 0. The summed E-state index contributed by atoms with van der Waals surface area (Å²) in [5.41, 5.74) is 1.82. The maximum atomic E-state index is 12.5. The van der Waals surface area contributed by atoms with Gasteiger partial charge in [0.1, 0.15) is 11.9 Å². The van der Waals surface area contributed by atoms with Crippen LogP contribution < -0.4 is 0 Å². The first-order chi connectivity index (χ1) is 12.6. The number of hydrogen-bond acceptors (Lipinski definition) is 3. The van der Waals surface area contributed by atoms with Crippen LogP contribution in [0.5, 0.6) is 0 Å². The molecule has 0 radical (unpaired) electrons. The Morgan fingerprint density at radius 2 is 1.70 bits per heavy atom. The Morgan fingerprint density at radius 3 is 2.37 bits per heavy atom. The van der Waals surface area contributed by atoms with E-state index in [-0.39, 0.29) is 28.3 Å². The van der Waals surface area contributed by atoms with E-state index in [1.807, 2.05) is 6.92 Å². The van der Waals surface area contributed by atoms with Crippen LogP contribution >= 0.6 is 0 Å². The van der Waals surface area contributed by atoms with Crippen molar-refractivity contribution in [3.05, 3.63) is 11.6 Å². The van der Waals surface area contributed by atoms with Crippen LogP contribution in [-0.4, -0.2) is 17.9 Å². The number of ether oxygens (including phenoxy) is 1. The number of hydrogen-bond donors (Lipinski definition) is 0. The molecule has 3 fully saturated rings. The molecule has 4 aliphatic carbocycles. The van der Waals surface area contributed by atoms with Crippen LogP contribution in [0.4, 0.5) is 0 Å². The summed E-state index contributed by atoms with van der Waals surface area (Å²) < 4.78 is 5.54. The molecule has 4 aliphatic rings. The quantitative estimate of drug-likeness (QED) is 0.476. The molecule has 4 rings (SSSR count). The van der Waals surface area contributed by atoms with Gasteiger partial charge in [0.25, 0.3) is 0 Å². The number of rotatable bonds is 2.